The molecule has 6 nitrogen and oxygen atoms in total. The van der Waals surface area contributed by atoms with Gasteiger partial charge in [0.25, 0.3) is 11.7 Å². The van der Waals surface area contributed by atoms with E-state index in [1.54, 1.807) is 25.1 Å². The van der Waals surface area contributed by atoms with Crippen molar-refractivity contribution in [1.29, 1.82) is 0 Å². The van der Waals surface area contributed by atoms with Gasteiger partial charge in [0.2, 0.25) is 0 Å². The summed E-state index contributed by atoms with van der Waals surface area (Å²) in [6.45, 7) is 3.33. The Kier molecular flexibility index (Phi) is 6.58. The summed E-state index contributed by atoms with van der Waals surface area (Å²) in [5, 5.41) is 11.4. The second kappa shape index (κ2) is 9.49. The summed E-state index contributed by atoms with van der Waals surface area (Å²) in [5.41, 5.74) is 1.38. The molecule has 186 valence electrons. The van der Waals surface area contributed by atoms with Crippen LogP contribution in [-0.4, -0.2) is 33.8 Å². The van der Waals surface area contributed by atoms with E-state index in [2.05, 4.69) is 4.98 Å². The highest BCUT2D eigenvalue weighted by molar-refractivity contribution is 6.46. The van der Waals surface area contributed by atoms with Gasteiger partial charge in [-0.2, -0.15) is 13.2 Å². The van der Waals surface area contributed by atoms with Crippen LogP contribution in [-0.2, 0) is 22.3 Å². The molecule has 0 radical (unpaired) electrons. The molecule has 1 fully saturated rings. The van der Waals surface area contributed by atoms with E-state index in [0.717, 1.165) is 28.2 Å². The number of hydrogen-bond donors (Lipinski definition) is 1. The van der Waals surface area contributed by atoms with Gasteiger partial charge in [0, 0.05) is 18.9 Å². The largest absolute Gasteiger partial charge is 0.507 e. The van der Waals surface area contributed by atoms with Crippen LogP contribution in [0.25, 0.3) is 5.76 Å². The third kappa shape index (κ3) is 4.56. The molecule has 2 heterocycles. The van der Waals surface area contributed by atoms with Gasteiger partial charge in [-0.15, -0.1) is 0 Å². The first-order chi connectivity index (χ1) is 17.0. The number of likely N-dealkylation sites (tertiary alicyclic amines) is 1. The maximum atomic E-state index is 13.3. The summed E-state index contributed by atoms with van der Waals surface area (Å²) >= 11 is 0. The number of pyridine rings is 1. The van der Waals surface area contributed by atoms with Crippen LogP contribution in [0, 0.1) is 13.8 Å². The van der Waals surface area contributed by atoms with Crippen LogP contribution in [0.15, 0.2) is 66.5 Å². The smallest absolute Gasteiger partial charge is 0.416 e. The van der Waals surface area contributed by atoms with Gasteiger partial charge in [-0.25, -0.2) is 0 Å². The third-order valence-electron chi connectivity index (χ3n) is 6.05. The van der Waals surface area contributed by atoms with Crippen molar-refractivity contribution >= 4 is 17.4 Å². The number of aromatic nitrogens is 1. The van der Waals surface area contributed by atoms with Gasteiger partial charge in [-0.1, -0.05) is 18.2 Å². The van der Waals surface area contributed by atoms with E-state index >= 15 is 0 Å². The fraction of sp³-hybridized carbons (Fsp3) is 0.222. The van der Waals surface area contributed by atoms with Crippen molar-refractivity contribution in [1.82, 2.24) is 9.88 Å². The first-order valence-corrected chi connectivity index (χ1v) is 11.0. The van der Waals surface area contributed by atoms with Crippen LogP contribution >= 0.6 is 0 Å². The van der Waals surface area contributed by atoms with Gasteiger partial charge in [0.05, 0.1) is 29.9 Å². The zero-order valence-electron chi connectivity index (χ0n) is 19.8. The summed E-state index contributed by atoms with van der Waals surface area (Å²) in [6, 6.07) is 10.2. The summed E-state index contributed by atoms with van der Waals surface area (Å²) in [4.78, 5) is 31.6. The highest BCUT2D eigenvalue weighted by Crippen LogP contribution is 2.42. The molecule has 1 N–H and O–H groups in total. The maximum Gasteiger partial charge on any atom is 0.416 e. The monoisotopic (exact) mass is 496 g/mol. The van der Waals surface area contributed by atoms with Crippen LogP contribution in [0.3, 0.4) is 0 Å². The molecule has 0 saturated carbocycles. The van der Waals surface area contributed by atoms with Crippen molar-refractivity contribution < 1.29 is 32.6 Å². The Labute approximate surface area is 205 Å². The number of carbonyl (C=O) groups excluding carboxylic acids is 2. The fourth-order valence-electron chi connectivity index (χ4n) is 4.52. The number of methoxy groups -OCH3 is 1. The molecule has 1 atom stereocenters. The summed E-state index contributed by atoms with van der Waals surface area (Å²) in [5.74, 6) is -1.96. The highest BCUT2D eigenvalue weighted by Gasteiger charge is 2.46. The molecule has 1 aliphatic heterocycles. The average Bonchev–Trinajstić information content (AvgIpc) is 3.08. The standard InChI is InChI=1S/C27H23F3N2O4/c1-15-11-16(2)25(36-3)20(12-15)23(33)21-22(18-7-9-31-10-8-18)32(26(35)24(21)34)14-17-5-4-6-19(13-17)27(28,29)30/h4-13,22,33H,14H2,1-3H3/b23-21+. The Bertz CT molecular complexity index is 1370. The number of alkyl halides is 3. The molecular formula is C27H23F3N2O4. The Morgan fingerprint density at radius 2 is 1.78 bits per heavy atom. The van der Waals surface area contributed by atoms with Crippen LogP contribution in [0.4, 0.5) is 13.2 Å². The second-order valence-corrected chi connectivity index (χ2v) is 8.57. The summed E-state index contributed by atoms with van der Waals surface area (Å²) in [7, 11) is 1.43. The Balaban J connectivity index is 1.89. The van der Waals surface area contributed by atoms with Crippen LogP contribution in [0.2, 0.25) is 0 Å². The third-order valence-corrected chi connectivity index (χ3v) is 6.05. The number of ketones is 1. The molecule has 3 aromatic rings. The topological polar surface area (TPSA) is 79.7 Å². The number of amides is 1. The van der Waals surface area contributed by atoms with Crippen molar-refractivity contribution in [2.24, 2.45) is 0 Å². The fourth-order valence-corrected chi connectivity index (χ4v) is 4.52. The minimum atomic E-state index is -4.56. The Hall–Kier alpha value is -4.14. The van der Waals surface area contributed by atoms with Crippen molar-refractivity contribution in [2.75, 3.05) is 7.11 Å². The maximum absolute atomic E-state index is 13.3. The lowest BCUT2D eigenvalue weighted by Crippen LogP contribution is -2.29. The van der Waals surface area contributed by atoms with E-state index in [-0.39, 0.29) is 23.2 Å². The molecule has 2 aromatic carbocycles. The van der Waals surface area contributed by atoms with E-state index in [0.29, 0.717) is 11.3 Å². The zero-order valence-corrected chi connectivity index (χ0v) is 19.8. The predicted octanol–water partition coefficient (Wildman–Crippen LogP) is 5.35. The first kappa shape index (κ1) is 25.0. The summed E-state index contributed by atoms with van der Waals surface area (Å²) in [6.07, 6.45) is -1.62. The van der Waals surface area contributed by atoms with Crippen LogP contribution in [0.5, 0.6) is 5.75 Å². The Morgan fingerprint density at radius 3 is 2.42 bits per heavy atom. The second-order valence-electron chi connectivity index (χ2n) is 8.57. The number of aliphatic hydroxyl groups is 1. The SMILES string of the molecule is COc1c(C)cc(C)cc1/C(O)=C1\C(=O)C(=O)N(Cc2cccc(C(F)(F)F)c2)C1c1ccncc1. The number of benzene rings is 2. The average molecular weight is 496 g/mol. The molecule has 1 saturated heterocycles. The van der Waals surface area contributed by atoms with Crippen LogP contribution < -0.4 is 4.74 Å². The molecule has 36 heavy (non-hydrogen) atoms. The lowest BCUT2D eigenvalue weighted by molar-refractivity contribution is -0.140. The van der Waals surface area contributed by atoms with Gasteiger partial charge in [0.1, 0.15) is 11.5 Å². The molecule has 1 aliphatic rings. The van der Waals surface area contributed by atoms with Crippen molar-refractivity contribution in [3.05, 3.63) is 99.9 Å². The van der Waals surface area contributed by atoms with Gasteiger partial charge in [0.15, 0.2) is 0 Å². The number of halogens is 3. The van der Waals surface area contributed by atoms with E-state index in [1.165, 1.54) is 31.6 Å². The molecule has 0 bridgehead atoms. The van der Waals surface area contributed by atoms with E-state index in [4.69, 9.17) is 4.74 Å². The molecule has 0 spiro atoms. The summed E-state index contributed by atoms with van der Waals surface area (Å²) < 4.78 is 45.2. The number of ether oxygens (including phenoxy) is 1. The number of Topliss-reactive ketones (excluding diaryl/α,β-unsaturated/α-hetero) is 1. The minimum Gasteiger partial charge on any atom is -0.507 e. The highest BCUT2D eigenvalue weighted by atomic mass is 19.4. The molecular weight excluding hydrogens is 473 g/mol. The zero-order chi connectivity index (χ0) is 26.2. The Morgan fingerprint density at radius 1 is 1.08 bits per heavy atom. The predicted molar refractivity (Wildman–Crippen MR) is 126 cm³/mol. The van der Waals surface area contributed by atoms with Gasteiger partial charge in [-0.05, 0) is 66.4 Å². The van der Waals surface area contributed by atoms with E-state index in [9.17, 15) is 27.9 Å². The molecule has 1 amide bonds. The lowest BCUT2D eigenvalue weighted by atomic mass is 9.94. The van der Waals surface area contributed by atoms with Crippen molar-refractivity contribution in [3.8, 4) is 5.75 Å². The molecule has 9 heteroatoms. The molecule has 0 aliphatic carbocycles. The van der Waals surface area contributed by atoms with Crippen LogP contribution in [0.1, 0.15) is 39.4 Å². The number of hydrogen-bond acceptors (Lipinski definition) is 5. The van der Waals surface area contributed by atoms with Gasteiger partial charge >= 0.3 is 6.18 Å². The number of nitrogens with zero attached hydrogens (tertiary/aromatic N) is 2. The first-order valence-electron chi connectivity index (χ1n) is 11.0. The number of carbonyl (C=O) groups is 2. The number of aryl methyl sites for hydroxylation is 2. The van der Waals surface area contributed by atoms with Gasteiger partial charge < -0.3 is 14.7 Å². The van der Waals surface area contributed by atoms with E-state index in [1.807, 2.05) is 13.0 Å². The van der Waals surface area contributed by atoms with E-state index < -0.39 is 35.2 Å². The number of aliphatic hydroxyl groups excluding tert-OH is 1. The quantitative estimate of drug-likeness (QED) is 0.293. The minimum absolute atomic E-state index is 0.179. The molecule has 1 unspecified atom stereocenters. The van der Waals surface area contributed by atoms with Crippen molar-refractivity contribution in [2.45, 2.75) is 32.6 Å². The van der Waals surface area contributed by atoms with Crippen molar-refractivity contribution in [3.63, 3.8) is 0 Å². The molecule has 4 rings (SSSR count). The normalized spacial score (nSPS) is 17.5. The van der Waals surface area contributed by atoms with Gasteiger partial charge in [-0.3, -0.25) is 14.6 Å². The number of rotatable bonds is 5. The lowest BCUT2D eigenvalue weighted by Gasteiger charge is -2.26. The molecule has 1 aromatic heterocycles.